The molecule has 1 aliphatic heterocycles. The molecule has 0 bridgehead atoms. The number of para-hydroxylation sites is 1. The minimum absolute atomic E-state index is 0.531. The number of methoxy groups -OCH3 is 1. The van der Waals surface area contributed by atoms with Gasteiger partial charge >= 0.3 is 0 Å². The van der Waals surface area contributed by atoms with Gasteiger partial charge in [0.1, 0.15) is 11.6 Å². The highest BCUT2D eigenvalue weighted by Crippen LogP contribution is 2.33. The molecule has 0 aliphatic carbocycles. The Hall–Kier alpha value is -2.79. The largest absolute Gasteiger partial charge is 0.495 e. The number of anilines is 4. The molecule has 1 aliphatic rings. The molecule has 0 fully saturated rings. The first kappa shape index (κ1) is 15.7. The molecule has 1 aromatic heterocycles. The molecule has 5 nitrogen and oxygen atoms in total. The van der Waals surface area contributed by atoms with Gasteiger partial charge in [-0.05, 0) is 42.3 Å². The number of hydrogen-bond acceptors (Lipinski definition) is 5. The molecule has 1 N–H and O–H groups in total. The van der Waals surface area contributed by atoms with Crippen molar-refractivity contribution in [3.8, 4) is 5.75 Å². The number of rotatable bonds is 4. The van der Waals surface area contributed by atoms with E-state index in [0.29, 0.717) is 16.7 Å². The maximum Gasteiger partial charge on any atom is 0.229 e. The summed E-state index contributed by atoms with van der Waals surface area (Å²) in [4.78, 5) is 11.2. The fourth-order valence-electron chi connectivity index (χ4n) is 3.01. The van der Waals surface area contributed by atoms with Crippen molar-refractivity contribution < 1.29 is 4.74 Å². The summed E-state index contributed by atoms with van der Waals surface area (Å²) in [5.41, 5.74) is 3.36. The second-order valence-corrected chi connectivity index (χ2v) is 6.15. The molecule has 0 saturated heterocycles. The number of nitrogens with zero attached hydrogens (tertiary/aromatic N) is 3. The third-order valence-corrected chi connectivity index (χ3v) is 4.51. The predicted molar refractivity (Wildman–Crippen MR) is 100 cm³/mol. The Labute approximate surface area is 151 Å². The van der Waals surface area contributed by atoms with Gasteiger partial charge in [0.2, 0.25) is 5.95 Å². The average molecular weight is 353 g/mol. The highest BCUT2D eigenvalue weighted by molar-refractivity contribution is 6.32. The summed E-state index contributed by atoms with van der Waals surface area (Å²) in [6.45, 7) is 0.921. The normalized spacial score (nSPS) is 12.8. The molecule has 0 atom stereocenters. The fraction of sp³-hybridized carbons (Fsp3) is 0.158. The van der Waals surface area contributed by atoms with E-state index in [1.54, 1.807) is 19.4 Å². The lowest BCUT2D eigenvalue weighted by atomic mass is 10.2. The molecule has 25 heavy (non-hydrogen) atoms. The van der Waals surface area contributed by atoms with Crippen LogP contribution in [0.2, 0.25) is 5.02 Å². The van der Waals surface area contributed by atoms with Gasteiger partial charge in [-0.25, -0.2) is 4.98 Å². The van der Waals surface area contributed by atoms with Crippen LogP contribution in [0.3, 0.4) is 0 Å². The quantitative estimate of drug-likeness (QED) is 0.745. The molecular weight excluding hydrogens is 336 g/mol. The number of nitrogens with one attached hydrogen (secondary N) is 1. The Morgan fingerprint density at radius 1 is 1.16 bits per heavy atom. The molecule has 3 aromatic rings. The van der Waals surface area contributed by atoms with Crippen LogP contribution >= 0.6 is 11.6 Å². The van der Waals surface area contributed by atoms with Crippen LogP contribution in [0, 0.1) is 0 Å². The van der Waals surface area contributed by atoms with Crippen LogP contribution in [0.15, 0.2) is 54.7 Å². The fourth-order valence-corrected chi connectivity index (χ4v) is 3.27. The molecule has 0 unspecified atom stereocenters. The Kier molecular flexibility index (Phi) is 4.15. The molecule has 2 heterocycles. The third-order valence-electron chi connectivity index (χ3n) is 4.21. The van der Waals surface area contributed by atoms with Gasteiger partial charge in [-0.2, -0.15) is 4.98 Å². The van der Waals surface area contributed by atoms with Crippen molar-refractivity contribution >= 4 is 34.7 Å². The van der Waals surface area contributed by atoms with Crippen molar-refractivity contribution in [1.29, 1.82) is 0 Å². The van der Waals surface area contributed by atoms with Gasteiger partial charge in [0.05, 0.1) is 12.1 Å². The zero-order chi connectivity index (χ0) is 17.2. The van der Waals surface area contributed by atoms with Gasteiger partial charge < -0.3 is 15.0 Å². The number of ether oxygens (including phenoxy) is 1. The SMILES string of the molecule is COc1ccc(Nc2nccc(N3CCc4ccccc43)n2)cc1Cl. The van der Waals surface area contributed by atoms with E-state index in [2.05, 4.69) is 44.5 Å². The minimum Gasteiger partial charge on any atom is -0.495 e. The predicted octanol–water partition coefficient (Wildman–Crippen LogP) is 4.58. The van der Waals surface area contributed by atoms with E-state index >= 15 is 0 Å². The zero-order valence-electron chi connectivity index (χ0n) is 13.7. The number of fused-ring (bicyclic) bond motifs is 1. The van der Waals surface area contributed by atoms with E-state index in [0.717, 1.165) is 24.5 Å². The maximum absolute atomic E-state index is 6.17. The molecule has 0 saturated carbocycles. The van der Waals surface area contributed by atoms with E-state index in [4.69, 9.17) is 16.3 Å². The van der Waals surface area contributed by atoms with E-state index < -0.39 is 0 Å². The number of benzene rings is 2. The third kappa shape index (κ3) is 3.10. The van der Waals surface area contributed by atoms with Gasteiger partial charge in [0.25, 0.3) is 0 Å². The summed E-state index contributed by atoms with van der Waals surface area (Å²) in [5, 5.41) is 3.73. The van der Waals surface area contributed by atoms with Gasteiger partial charge in [-0.15, -0.1) is 0 Å². The van der Waals surface area contributed by atoms with E-state index in [1.165, 1.54) is 11.3 Å². The zero-order valence-corrected chi connectivity index (χ0v) is 14.5. The Morgan fingerprint density at radius 3 is 2.88 bits per heavy atom. The van der Waals surface area contributed by atoms with Crippen LogP contribution in [0.5, 0.6) is 5.75 Å². The molecule has 2 aromatic carbocycles. The number of aromatic nitrogens is 2. The first-order valence-corrected chi connectivity index (χ1v) is 8.41. The van der Waals surface area contributed by atoms with E-state index in [9.17, 15) is 0 Å². The molecule has 0 amide bonds. The van der Waals surface area contributed by atoms with Gasteiger partial charge in [-0.1, -0.05) is 29.8 Å². The first-order chi connectivity index (χ1) is 12.2. The monoisotopic (exact) mass is 352 g/mol. The van der Waals surface area contributed by atoms with Crippen molar-refractivity contribution in [3.63, 3.8) is 0 Å². The maximum atomic E-state index is 6.17. The van der Waals surface area contributed by atoms with Crippen LogP contribution < -0.4 is 15.0 Å². The summed E-state index contributed by atoms with van der Waals surface area (Å²) >= 11 is 6.17. The van der Waals surface area contributed by atoms with Crippen LogP contribution in [-0.4, -0.2) is 23.6 Å². The summed E-state index contributed by atoms with van der Waals surface area (Å²) in [6.07, 6.45) is 2.79. The average Bonchev–Trinajstić information content (AvgIpc) is 3.06. The van der Waals surface area contributed by atoms with Crippen LogP contribution in [0.4, 0.5) is 23.1 Å². The molecule has 6 heteroatoms. The lowest BCUT2D eigenvalue weighted by Gasteiger charge is -2.18. The van der Waals surface area contributed by atoms with Crippen molar-refractivity contribution in [3.05, 3.63) is 65.3 Å². The van der Waals surface area contributed by atoms with Crippen molar-refractivity contribution in [2.75, 3.05) is 23.9 Å². The smallest absolute Gasteiger partial charge is 0.229 e. The second-order valence-electron chi connectivity index (χ2n) is 5.74. The van der Waals surface area contributed by atoms with Crippen LogP contribution in [0.25, 0.3) is 0 Å². The van der Waals surface area contributed by atoms with Gasteiger partial charge in [0.15, 0.2) is 0 Å². The molecular formula is C19H17ClN4O. The molecule has 0 radical (unpaired) electrons. The van der Waals surface area contributed by atoms with Gasteiger partial charge in [-0.3, -0.25) is 0 Å². The summed E-state index contributed by atoms with van der Waals surface area (Å²) in [7, 11) is 1.59. The number of halogens is 1. The second kappa shape index (κ2) is 6.61. The highest BCUT2D eigenvalue weighted by Gasteiger charge is 2.21. The first-order valence-electron chi connectivity index (χ1n) is 8.03. The van der Waals surface area contributed by atoms with Crippen molar-refractivity contribution in [2.24, 2.45) is 0 Å². The minimum atomic E-state index is 0.531. The molecule has 126 valence electrons. The Morgan fingerprint density at radius 2 is 2.04 bits per heavy atom. The van der Waals surface area contributed by atoms with Crippen LogP contribution in [-0.2, 0) is 6.42 Å². The summed E-state index contributed by atoms with van der Waals surface area (Å²) in [5.74, 6) is 2.04. The Bertz CT molecular complexity index is 915. The van der Waals surface area contributed by atoms with Crippen molar-refractivity contribution in [1.82, 2.24) is 9.97 Å². The van der Waals surface area contributed by atoms with Crippen LogP contribution in [0.1, 0.15) is 5.56 Å². The number of hydrogen-bond donors (Lipinski definition) is 1. The summed E-state index contributed by atoms with van der Waals surface area (Å²) in [6, 6.07) is 15.8. The molecule has 0 spiro atoms. The van der Waals surface area contributed by atoms with Crippen molar-refractivity contribution in [2.45, 2.75) is 6.42 Å². The van der Waals surface area contributed by atoms with E-state index in [1.807, 2.05) is 18.2 Å². The topological polar surface area (TPSA) is 50.3 Å². The molecule has 4 rings (SSSR count). The Balaban J connectivity index is 1.59. The highest BCUT2D eigenvalue weighted by atomic mass is 35.5. The lowest BCUT2D eigenvalue weighted by molar-refractivity contribution is 0.415. The van der Waals surface area contributed by atoms with E-state index in [-0.39, 0.29) is 0 Å². The van der Waals surface area contributed by atoms with Gasteiger partial charge in [0, 0.05) is 24.1 Å². The lowest BCUT2D eigenvalue weighted by Crippen LogP contribution is -2.15. The summed E-state index contributed by atoms with van der Waals surface area (Å²) < 4.78 is 5.17. The standard InChI is InChI=1S/C19H17ClN4O/c1-25-17-7-6-14(12-15(17)20)22-19-21-10-8-18(23-19)24-11-9-13-4-2-3-5-16(13)24/h2-8,10,12H,9,11H2,1H3,(H,21,22,23).